The molecule has 0 radical (unpaired) electrons. The Hall–Kier alpha value is -1.67. The van der Waals surface area contributed by atoms with E-state index in [-0.39, 0.29) is 5.82 Å². The molecule has 1 saturated carbocycles. The number of ether oxygens (including phenoxy) is 1. The molecule has 0 N–H and O–H groups in total. The first-order chi connectivity index (χ1) is 12.1. The smallest absolute Gasteiger partial charge is 0.376 e. The maximum atomic E-state index is 12.0. The van der Waals surface area contributed by atoms with Gasteiger partial charge in [0.15, 0.2) is 5.65 Å². The van der Waals surface area contributed by atoms with Crippen LogP contribution in [0.5, 0.6) is 0 Å². The average Bonchev–Trinajstić information content (AvgIpc) is 3.16. The lowest BCUT2D eigenvalue weighted by Gasteiger charge is -2.39. The Morgan fingerprint density at radius 2 is 1.96 bits per heavy atom. The van der Waals surface area contributed by atoms with Gasteiger partial charge in [-0.05, 0) is 52.0 Å². The number of likely N-dealkylation sites (tertiary alicyclic amines) is 1. The maximum absolute atomic E-state index is 12.0. The van der Waals surface area contributed by atoms with Crippen LogP contribution in [0.25, 0.3) is 11.0 Å². The van der Waals surface area contributed by atoms with E-state index < -0.39 is 5.97 Å². The number of nitrogens with zero attached hydrogens (tertiary/aromatic N) is 5. The topological polar surface area (TPSA) is 73.1 Å². The predicted molar refractivity (Wildman–Crippen MR) is 96.0 cm³/mol. The zero-order valence-corrected chi connectivity index (χ0v) is 15.7. The average molecular weight is 361 g/mol. The van der Waals surface area contributed by atoms with Crippen molar-refractivity contribution in [2.45, 2.75) is 49.7 Å². The fraction of sp³-hybridized carbons (Fsp3) is 0.647. The summed E-state index contributed by atoms with van der Waals surface area (Å²) in [5, 5.41) is 6.56. The molecule has 2 aliphatic rings. The number of esters is 1. The Balaban J connectivity index is 1.84. The lowest BCUT2D eigenvalue weighted by Crippen LogP contribution is -2.47. The van der Waals surface area contributed by atoms with Gasteiger partial charge in [0, 0.05) is 6.04 Å². The molecular weight excluding hydrogens is 338 g/mol. The van der Waals surface area contributed by atoms with Crippen molar-refractivity contribution in [3.8, 4) is 0 Å². The number of methoxy groups -OCH3 is 1. The van der Waals surface area contributed by atoms with Gasteiger partial charge in [0.05, 0.1) is 24.2 Å². The molecule has 2 fully saturated rings. The third-order valence-corrected chi connectivity index (χ3v) is 6.05. The second-order valence-electron chi connectivity index (χ2n) is 6.73. The van der Waals surface area contributed by atoms with Crippen LogP contribution in [-0.4, -0.2) is 63.1 Å². The molecule has 3 heterocycles. The molecule has 4 rings (SSSR count). The number of aryl methyl sites for hydroxylation is 1. The standard InChI is InChI=1S/C17H23N5O2S/c1-10-13-15(18-14(17(23)24-2)19-16(13)25-3)22(20-10)12-7-4-6-11(12)21-8-5-9-21/h11-12H,4-9H2,1-3H3. The number of aromatic nitrogens is 4. The number of thioether (sulfide) groups is 1. The second kappa shape index (κ2) is 6.57. The zero-order valence-electron chi connectivity index (χ0n) is 14.9. The number of carbonyl (C=O) groups excluding carboxylic acids is 1. The summed E-state index contributed by atoms with van der Waals surface area (Å²) in [4.78, 5) is 23.5. The van der Waals surface area contributed by atoms with E-state index in [1.165, 1.54) is 51.2 Å². The number of hydrogen-bond donors (Lipinski definition) is 0. The summed E-state index contributed by atoms with van der Waals surface area (Å²) in [6, 6.07) is 0.831. The van der Waals surface area contributed by atoms with Gasteiger partial charge in [0.1, 0.15) is 5.03 Å². The fourth-order valence-electron chi connectivity index (χ4n) is 4.04. The maximum Gasteiger partial charge on any atom is 0.376 e. The van der Waals surface area contributed by atoms with E-state index in [0.29, 0.717) is 12.1 Å². The van der Waals surface area contributed by atoms with Gasteiger partial charge in [-0.3, -0.25) is 4.90 Å². The molecule has 1 aliphatic carbocycles. The van der Waals surface area contributed by atoms with Crippen molar-refractivity contribution in [2.75, 3.05) is 26.5 Å². The normalized spacial score (nSPS) is 23.8. The van der Waals surface area contributed by atoms with Crippen molar-refractivity contribution in [3.63, 3.8) is 0 Å². The molecule has 2 aromatic rings. The van der Waals surface area contributed by atoms with E-state index in [2.05, 4.69) is 19.5 Å². The summed E-state index contributed by atoms with van der Waals surface area (Å²) in [6.07, 6.45) is 6.75. The molecule has 0 spiro atoms. The van der Waals surface area contributed by atoms with Crippen LogP contribution in [0.15, 0.2) is 5.03 Å². The highest BCUT2D eigenvalue weighted by Gasteiger charge is 2.37. The highest BCUT2D eigenvalue weighted by atomic mass is 32.2. The molecule has 8 heteroatoms. The minimum absolute atomic E-state index is 0.110. The van der Waals surface area contributed by atoms with Crippen molar-refractivity contribution in [2.24, 2.45) is 0 Å². The molecule has 7 nitrogen and oxygen atoms in total. The molecule has 0 aromatic carbocycles. The monoisotopic (exact) mass is 361 g/mol. The molecule has 1 saturated heterocycles. The van der Waals surface area contributed by atoms with E-state index in [9.17, 15) is 4.79 Å². The van der Waals surface area contributed by atoms with Crippen molar-refractivity contribution >= 4 is 28.8 Å². The summed E-state index contributed by atoms with van der Waals surface area (Å²) >= 11 is 1.51. The molecular formula is C17H23N5O2S. The van der Waals surface area contributed by atoms with Crippen molar-refractivity contribution in [1.82, 2.24) is 24.6 Å². The molecule has 2 unspecified atom stereocenters. The third-order valence-electron chi connectivity index (χ3n) is 5.37. The highest BCUT2D eigenvalue weighted by molar-refractivity contribution is 7.98. The van der Waals surface area contributed by atoms with E-state index in [1.807, 2.05) is 13.2 Å². The highest BCUT2D eigenvalue weighted by Crippen LogP contribution is 2.38. The van der Waals surface area contributed by atoms with Crippen LogP contribution >= 0.6 is 11.8 Å². The Labute approximate surface area is 151 Å². The minimum Gasteiger partial charge on any atom is -0.463 e. The van der Waals surface area contributed by atoms with Crippen LogP contribution in [-0.2, 0) is 4.74 Å². The third kappa shape index (κ3) is 2.71. The zero-order chi connectivity index (χ0) is 17.6. The van der Waals surface area contributed by atoms with Gasteiger partial charge in [-0.25, -0.2) is 19.4 Å². The molecule has 134 valence electrons. The summed E-state index contributed by atoms with van der Waals surface area (Å²) in [5.41, 5.74) is 1.68. The lowest BCUT2D eigenvalue weighted by atomic mass is 10.1. The van der Waals surface area contributed by atoms with Crippen LogP contribution in [0.1, 0.15) is 48.0 Å². The number of rotatable bonds is 4. The SMILES string of the molecule is COC(=O)c1nc(SC)c2c(C)nn(C3CCCC3N3CCC3)c2n1. The molecule has 0 bridgehead atoms. The molecule has 2 aromatic heterocycles. The molecule has 0 amide bonds. The summed E-state index contributed by atoms with van der Waals surface area (Å²) < 4.78 is 6.88. The van der Waals surface area contributed by atoms with E-state index >= 15 is 0 Å². The number of hydrogen-bond acceptors (Lipinski definition) is 7. The molecule has 1 aliphatic heterocycles. The number of carbonyl (C=O) groups is 1. The predicted octanol–water partition coefficient (Wildman–Crippen LogP) is 2.44. The van der Waals surface area contributed by atoms with Crippen molar-refractivity contribution in [1.29, 1.82) is 0 Å². The van der Waals surface area contributed by atoms with Gasteiger partial charge in [-0.2, -0.15) is 5.10 Å². The van der Waals surface area contributed by atoms with E-state index in [1.54, 1.807) is 0 Å². The molecule has 25 heavy (non-hydrogen) atoms. The first-order valence-electron chi connectivity index (χ1n) is 8.77. The van der Waals surface area contributed by atoms with Gasteiger partial charge in [-0.15, -0.1) is 11.8 Å². The van der Waals surface area contributed by atoms with Crippen LogP contribution in [0.2, 0.25) is 0 Å². The van der Waals surface area contributed by atoms with Crippen LogP contribution in [0, 0.1) is 6.92 Å². The number of fused-ring (bicyclic) bond motifs is 1. The quantitative estimate of drug-likeness (QED) is 0.470. The Kier molecular flexibility index (Phi) is 4.41. The van der Waals surface area contributed by atoms with Crippen molar-refractivity contribution < 1.29 is 9.53 Å². The first-order valence-corrected chi connectivity index (χ1v) is 9.99. The van der Waals surface area contributed by atoms with Gasteiger partial charge in [-0.1, -0.05) is 0 Å². The minimum atomic E-state index is -0.506. The van der Waals surface area contributed by atoms with Gasteiger partial charge in [0.25, 0.3) is 0 Å². The fourth-order valence-corrected chi connectivity index (χ4v) is 4.66. The van der Waals surface area contributed by atoms with Gasteiger partial charge in [0.2, 0.25) is 5.82 Å². The Morgan fingerprint density at radius 3 is 2.60 bits per heavy atom. The van der Waals surface area contributed by atoms with E-state index in [4.69, 9.17) is 9.84 Å². The van der Waals surface area contributed by atoms with Crippen molar-refractivity contribution in [3.05, 3.63) is 11.5 Å². The van der Waals surface area contributed by atoms with Gasteiger partial charge < -0.3 is 4.74 Å². The van der Waals surface area contributed by atoms with Crippen LogP contribution < -0.4 is 0 Å². The summed E-state index contributed by atoms with van der Waals surface area (Å²) in [5.74, 6) is -0.396. The largest absolute Gasteiger partial charge is 0.463 e. The summed E-state index contributed by atoms with van der Waals surface area (Å²) in [6.45, 7) is 4.35. The Morgan fingerprint density at radius 1 is 1.20 bits per heavy atom. The lowest BCUT2D eigenvalue weighted by molar-refractivity contribution is 0.0586. The second-order valence-corrected chi connectivity index (χ2v) is 7.53. The van der Waals surface area contributed by atoms with E-state index in [0.717, 1.165) is 28.2 Å². The summed E-state index contributed by atoms with van der Waals surface area (Å²) in [7, 11) is 1.36. The van der Waals surface area contributed by atoms with Gasteiger partial charge >= 0.3 is 5.97 Å². The van der Waals surface area contributed by atoms with Crippen LogP contribution in [0.4, 0.5) is 0 Å². The molecule has 2 atom stereocenters. The Bertz CT molecular complexity index is 817. The van der Waals surface area contributed by atoms with Crippen LogP contribution in [0.3, 0.4) is 0 Å². The first kappa shape index (κ1) is 16.8.